The summed E-state index contributed by atoms with van der Waals surface area (Å²) < 4.78 is 0. The van der Waals surface area contributed by atoms with Crippen LogP contribution in [-0.4, -0.2) is 41.8 Å². The molecular formula is C14H24N4O. The van der Waals surface area contributed by atoms with Crippen molar-refractivity contribution >= 4 is 11.6 Å². The first-order valence-electron chi connectivity index (χ1n) is 7.17. The second kappa shape index (κ2) is 6.70. The lowest BCUT2D eigenvalue weighted by atomic mass is 9.97. The number of nitrogens with zero attached hydrogens (tertiary/aromatic N) is 3. The zero-order chi connectivity index (χ0) is 13.7. The number of hydrogen-bond donors (Lipinski definition) is 2. The average Bonchev–Trinajstić information content (AvgIpc) is 2.48. The molecule has 2 heterocycles. The molecule has 0 radical (unpaired) electrons. The highest BCUT2D eigenvalue weighted by Crippen LogP contribution is 2.28. The minimum Gasteiger partial charge on any atom is -0.396 e. The van der Waals surface area contributed by atoms with E-state index in [0.717, 1.165) is 50.4 Å². The predicted molar refractivity (Wildman–Crippen MR) is 77.6 cm³/mol. The van der Waals surface area contributed by atoms with Crippen molar-refractivity contribution in [1.29, 1.82) is 0 Å². The van der Waals surface area contributed by atoms with Crippen LogP contribution in [0, 0.1) is 5.92 Å². The van der Waals surface area contributed by atoms with Crippen LogP contribution in [0.5, 0.6) is 0 Å². The maximum absolute atomic E-state index is 9.21. The van der Waals surface area contributed by atoms with Gasteiger partial charge < -0.3 is 15.3 Å². The van der Waals surface area contributed by atoms with Crippen LogP contribution >= 0.6 is 0 Å². The van der Waals surface area contributed by atoms with Crippen LogP contribution in [0.25, 0.3) is 0 Å². The van der Waals surface area contributed by atoms with Gasteiger partial charge in [0.1, 0.15) is 18.0 Å². The van der Waals surface area contributed by atoms with E-state index in [1.54, 1.807) is 6.33 Å². The third-order valence-electron chi connectivity index (χ3n) is 3.83. The Kier molecular flexibility index (Phi) is 4.96. The molecule has 106 valence electrons. The first-order chi connectivity index (χ1) is 9.30. The maximum atomic E-state index is 9.21. The summed E-state index contributed by atoms with van der Waals surface area (Å²) in [5, 5.41) is 12.4. The zero-order valence-corrected chi connectivity index (χ0v) is 11.9. The summed E-state index contributed by atoms with van der Waals surface area (Å²) in [6, 6.07) is 0. The van der Waals surface area contributed by atoms with E-state index in [1.807, 2.05) is 7.05 Å². The summed E-state index contributed by atoms with van der Waals surface area (Å²) in [5.41, 5.74) is 1.22. The standard InChI is InChI=1S/C14H24N4O/c1-3-4-12-13(15-2)16-10-17-14(12)18-7-5-11(9-19)6-8-18/h10-11,19H,3-9H2,1-2H3,(H,15,16,17). The van der Waals surface area contributed by atoms with Crippen molar-refractivity contribution in [1.82, 2.24) is 9.97 Å². The van der Waals surface area contributed by atoms with Crippen molar-refractivity contribution in [2.75, 3.05) is 37.0 Å². The molecule has 1 aromatic heterocycles. The number of aliphatic hydroxyl groups excluding tert-OH is 1. The van der Waals surface area contributed by atoms with E-state index >= 15 is 0 Å². The van der Waals surface area contributed by atoms with E-state index in [0.29, 0.717) is 12.5 Å². The predicted octanol–water partition coefficient (Wildman–Crippen LogP) is 1.68. The molecule has 0 amide bonds. The number of nitrogens with one attached hydrogen (secondary N) is 1. The van der Waals surface area contributed by atoms with Gasteiger partial charge in [0.25, 0.3) is 0 Å². The summed E-state index contributed by atoms with van der Waals surface area (Å²) in [7, 11) is 1.91. The molecule has 19 heavy (non-hydrogen) atoms. The molecule has 1 aliphatic heterocycles. The topological polar surface area (TPSA) is 61.3 Å². The fraction of sp³-hybridized carbons (Fsp3) is 0.714. The Morgan fingerprint density at radius 2 is 2.11 bits per heavy atom. The van der Waals surface area contributed by atoms with E-state index in [-0.39, 0.29) is 0 Å². The van der Waals surface area contributed by atoms with E-state index < -0.39 is 0 Å². The van der Waals surface area contributed by atoms with Gasteiger partial charge in [0.15, 0.2) is 0 Å². The number of rotatable bonds is 5. The number of aliphatic hydroxyl groups is 1. The van der Waals surface area contributed by atoms with Gasteiger partial charge in [-0.1, -0.05) is 13.3 Å². The van der Waals surface area contributed by atoms with Crippen LogP contribution in [0.2, 0.25) is 0 Å². The van der Waals surface area contributed by atoms with E-state index in [4.69, 9.17) is 0 Å². The Morgan fingerprint density at radius 1 is 1.37 bits per heavy atom. The number of hydrogen-bond acceptors (Lipinski definition) is 5. The number of piperidine rings is 1. The lowest BCUT2D eigenvalue weighted by Crippen LogP contribution is -2.36. The van der Waals surface area contributed by atoms with Crippen LogP contribution in [-0.2, 0) is 6.42 Å². The Morgan fingerprint density at radius 3 is 2.68 bits per heavy atom. The minimum atomic E-state index is 0.307. The highest BCUT2D eigenvalue weighted by molar-refractivity contribution is 5.58. The lowest BCUT2D eigenvalue weighted by molar-refractivity contribution is 0.202. The second-order valence-corrected chi connectivity index (χ2v) is 5.14. The fourth-order valence-electron chi connectivity index (χ4n) is 2.70. The molecule has 5 nitrogen and oxygen atoms in total. The third kappa shape index (κ3) is 3.15. The Labute approximate surface area is 115 Å². The van der Waals surface area contributed by atoms with Gasteiger partial charge in [-0.2, -0.15) is 0 Å². The molecular weight excluding hydrogens is 240 g/mol. The molecule has 0 saturated carbocycles. The monoisotopic (exact) mass is 264 g/mol. The van der Waals surface area contributed by atoms with Gasteiger partial charge in [0.05, 0.1) is 0 Å². The molecule has 0 aliphatic carbocycles. The molecule has 5 heteroatoms. The molecule has 0 aromatic carbocycles. The molecule has 1 fully saturated rings. The van der Waals surface area contributed by atoms with Crippen LogP contribution < -0.4 is 10.2 Å². The minimum absolute atomic E-state index is 0.307. The smallest absolute Gasteiger partial charge is 0.137 e. The summed E-state index contributed by atoms with van der Waals surface area (Å²) in [5.74, 6) is 2.46. The van der Waals surface area contributed by atoms with Crippen LogP contribution in [0.3, 0.4) is 0 Å². The zero-order valence-electron chi connectivity index (χ0n) is 11.9. The molecule has 0 atom stereocenters. The SMILES string of the molecule is CCCc1c(NC)ncnc1N1CCC(CO)CC1. The fourth-order valence-corrected chi connectivity index (χ4v) is 2.70. The average molecular weight is 264 g/mol. The summed E-state index contributed by atoms with van der Waals surface area (Å²) in [6.07, 6.45) is 5.80. The third-order valence-corrected chi connectivity index (χ3v) is 3.83. The van der Waals surface area contributed by atoms with Crippen LogP contribution in [0.4, 0.5) is 11.6 Å². The van der Waals surface area contributed by atoms with E-state index in [9.17, 15) is 5.11 Å². The van der Waals surface area contributed by atoms with Gasteiger partial charge >= 0.3 is 0 Å². The first kappa shape index (κ1) is 14.1. The Hall–Kier alpha value is -1.36. The van der Waals surface area contributed by atoms with Gasteiger partial charge in [-0.3, -0.25) is 0 Å². The quantitative estimate of drug-likeness (QED) is 0.847. The molecule has 0 spiro atoms. The first-order valence-corrected chi connectivity index (χ1v) is 7.17. The summed E-state index contributed by atoms with van der Waals surface area (Å²) in [6.45, 7) is 4.43. The highest BCUT2D eigenvalue weighted by atomic mass is 16.3. The maximum Gasteiger partial charge on any atom is 0.137 e. The van der Waals surface area contributed by atoms with E-state index in [2.05, 4.69) is 27.1 Å². The summed E-state index contributed by atoms with van der Waals surface area (Å²) in [4.78, 5) is 11.1. The largest absolute Gasteiger partial charge is 0.396 e. The van der Waals surface area contributed by atoms with Crippen molar-refractivity contribution in [3.8, 4) is 0 Å². The van der Waals surface area contributed by atoms with Gasteiger partial charge in [-0.25, -0.2) is 9.97 Å². The van der Waals surface area contributed by atoms with Gasteiger partial charge in [0, 0.05) is 32.3 Å². The van der Waals surface area contributed by atoms with Gasteiger partial charge in [-0.05, 0) is 25.2 Å². The van der Waals surface area contributed by atoms with Crippen LogP contribution in [0.1, 0.15) is 31.7 Å². The molecule has 2 rings (SSSR count). The summed E-state index contributed by atoms with van der Waals surface area (Å²) >= 11 is 0. The highest BCUT2D eigenvalue weighted by Gasteiger charge is 2.22. The molecule has 0 unspecified atom stereocenters. The van der Waals surface area contributed by atoms with Crippen molar-refractivity contribution in [3.05, 3.63) is 11.9 Å². The molecule has 1 saturated heterocycles. The molecule has 0 bridgehead atoms. The van der Waals surface area contributed by atoms with Gasteiger partial charge in [-0.15, -0.1) is 0 Å². The number of anilines is 2. The normalized spacial score (nSPS) is 16.7. The van der Waals surface area contributed by atoms with Crippen molar-refractivity contribution in [3.63, 3.8) is 0 Å². The molecule has 1 aromatic rings. The van der Waals surface area contributed by atoms with Crippen molar-refractivity contribution in [2.24, 2.45) is 5.92 Å². The lowest BCUT2D eigenvalue weighted by Gasteiger charge is -2.33. The van der Waals surface area contributed by atoms with Crippen molar-refractivity contribution in [2.45, 2.75) is 32.6 Å². The van der Waals surface area contributed by atoms with Crippen molar-refractivity contribution < 1.29 is 5.11 Å². The van der Waals surface area contributed by atoms with Gasteiger partial charge in [0.2, 0.25) is 0 Å². The number of aromatic nitrogens is 2. The van der Waals surface area contributed by atoms with Crippen LogP contribution in [0.15, 0.2) is 6.33 Å². The molecule has 1 aliphatic rings. The second-order valence-electron chi connectivity index (χ2n) is 5.14. The Balaban J connectivity index is 2.19. The van der Waals surface area contributed by atoms with E-state index in [1.165, 1.54) is 5.56 Å². The Bertz CT molecular complexity index is 402. The molecule has 2 N–H and O–H groups in total.